The van der Waals surface area contributed by atoms with E-state index in [-0.39, 0.29) is 18.7 Å². The summed E-state index contributed by atoms with van der Waals surface area (Å²) in [6.07, 6.45) is 2.07. The average molecular weight is 420 g/mol. The average Bonchev–Trinajstić information content (AvgIpc) is 3.25. The first-order valence-electron chi connectivity index (χ1n) is 8.90. The number of fused-ring (bicyclic) bond motifs is 1. The van der Waals surface area contributed by atoms with Crippen LogP contribution in [-0.4, -0.2) is 28.0 Å². The first-order valence-corrected chi connectivity index (χ1v) is 10.7. The third-order valence-corrected chi connectivity index (χ3v) is 5.81. The predicted octanol–water partition coefficient (Wildman–Crippen LogP) is 3.53. The van der Waals surface area contributed by atoms with Gasteiger partial charge < -0.3 is 10.1 Å². The molecule has 0 aromatic carbocycles. The number of hydrogen-bond acceptors (Lipinski definition) is 7. The van der Waals surface area contributed by atoms with Gasteiger partial charge in [0.2, 0.25) is 5.91 Å². The number of thiophene rings is 2. The maximum atomic E-state index is 12.5. The maximum absolute atomic E-state index is 12.5. The summed E-state index contributed by atoms with van der Waals surface area (Å²) >= 11 is 2.58. The Bertz CT molecular complexity index is 1060. The molecule has 0 saturated carbocycles. The second-order valence-electron chi connectivity index (χ2n) is 6.64. The van der Waals surface area contributed by atoms with E-state index in [9.17, 15) is 14.4 Å². The number of carbonyl (C=O) groups excluding carboxylic acids is 2. The van der Waals surface area contributed by atoms with Crippen molar-refractivity contribution in [2.45, 2.75) is 33.7 Å². The van der Waals surface area contributed by atoms with Gasteiger partial charge in [0.15, 0.2) is 0 Å². The van der Waals surface area contributed by atoms with Gasteiger partial charge in [-0.15, -0.1) is 22.7 Å². The molecule has 0 aliphatic carbocycles. The van der Waals surface area contributed by atoms with Crippen LogP contribution < -0.4 is 10.9 Å². The van der Waals surface area contributed by atoms with E-state index in [0.29, 0.717) is 33.1 Å². The molecule has 3 heterocycles. The van der Waals surface area contributed by atoms with Gasteiger partial charge in [0.25, 0.3) is 5.56 Å². The van der Waals surface area contributed by atoms with Gasteiger partial charge in [-0.2, -0.15) is 0 Å². The minimum Gasteiger partial charge on any atom is -0.462 e. The van der Waals surface area contributed by atoms with Crippen LogP contribution in [0.5, 0.6) is 0 Å². The molecule has 1 amide bonds. The van der Waals surface area contributed by atoms with E-state index < -0.39 is 11.9 Å². The van der Waals surface area contributed by atoms with Gasteiger partial charge in [-0.1, -0.05) is 13.8 Å². The van der Waals surface area contributed by atoms with E-state index in [4.69, 9.17) is 4.74 Å². The van der Waals surface area contributed by atoms with E-state index in [2.05, 4.69) is 24.1 Å². The number of amides is 1. The lowest BCUT2D eigenvalue weighted by atomic mass is 10.0. The number of aromatic nitrogens is 2. The zero-order valence-electron chi connectivity index (χ0n) is 15.9. The van der Waals surface area contributed by atoms with Crippen molar-refractivity contribution in [3.8, 4) is 0 Å². The minimum atomic E-state index is -0.450. The number of nitrogens with zero attached hydrogens (tertiary/aromatic N) is 2. The van der Waals surface area contributed by atoms with E-state index in [1.165, 1.54) is 33.6 Å². The molecule has 1 N–H and O–H groups in total. The molecule has 0 aliphatic rings. The highest BCUT2D eigenvalue weighted by molar-refractivity contribution is 7.17. The molecule has 0 bridgehead atoms. The first-order chi connectivity index (χ1) is 13.4. The Morgan fingerprint density at radius 3 is 2.82 bits per heavy atom. The number of anilines is 1. The Morgan fingerprint density at radius 2 is 2.11 bits per heavy atom. The number of esters is 1. The molecule has 0 unspecified atom stereocenters. The summed E-state index contributed by atoms with van der Waals surface area (Å²) in [5.74, 6) is -0.495. The quantitative estimate of drug-likeness (QED) is 0.592. The summed E-state index contributed by atoms with van der Waals surface area (Å²) in [5.41, 5.74) is 1.61. The van der Waals surface area contributed by atoms with Gasteiger partial charge >= 0.3 is 5.97 Å². The highest BCUT2D eigenvalue weighted by atomic mass is 32.1. The van der Waals surface area contributed by atoms with Crippen molar-refractivity contribution in [3.05, 3.63) is 44.6 Å². The zero-order valence-corrected chi connectivity index (χ0v) is 17.5. The van der Waals surface area contributed by atoms with Gasteiger partial charge in [0.1, 0.15) is 16.2 Å². The van der Waals surface area contributed by atoms with Gasteiger partial charge in [-0.3, -0.25) is 14.2 Å². The highest BCUT2D eigenvalue weighted by Gasteiger charge is 2.22. The van der Waals surface area contributed by atoms with Crippen LogP contribution in [0.25, 0.3) is 10.2 Å². The smallest absolute Gasteiger partial charge is 0.341 e. The lowest BCUT2D eigenvalue weighted by molar-refractivity contribution is -0.116. The monoisotopic (exact) mass is 419 g/mol. The topological polar surface area (TPSA) is 90.3 Å². The van der Waals surface area contributed by atoms with Crippen LogP contribution in [0.15, 0.2) is 27.9 Å². The highest BCUT2D eigenvalue weighted by Crippen LogP contribution is 2.31. The Morgan fingerprint density at radius 1 is 1.32 bits per heavy atom. The van der Waals surface area contributed by atoms with E-state index >= 15 is 0 Å². The molecular weight excluding hydrogens is 398 g/mol. The summed E-state index contributed by atoms with van der Waals surface area (Å²) in [7, 11) is 0. The van der Waals surface area contributed by atoms with Gasteiger partial charge in [-0.25, -0.2) is 9.78 Å². The molecule has 0 aliphatic heterocycles. The maximum Gasteiger partial charge on any atom is 0.341 e. The Hall–Kier alpha value is -2.52. The SMILES string of the molecule is CCOC(=O)c1c(CC(C)C)csc1NC(=O)Cn1cnc2ccsc2c1=O. The minimum absolute atomic E-state index is 0.181. The number of hydrogen-bond donors (Lipinski definition) is 1. The van der Waals surface area contributed by atoms with Crippen molar-refractivity contribution in [1.29, 1.82) is 0 Å². The van der Waals surface area contributed by atoms with Crippen molar-refractivity contribution in [2.24, 2.45) is 5.92 Å². The second-order valence-corrected chi connectivity index (χ2v) is 8.44. The lowest BCUT2D eigenvalue weighted by Crippen LogP contribution is -2.27. The number of carbonyl (C=O) groups is 2. The molecule has 148 valence electrons. The summed E-state index contributed by atoms with van der Waals surface area (Å²) in [6, 6.07) is 1.76. The molecule has 9 heteroatoms. The van der Waals surface area contributed by atoms with Crippen molar-refractivity contribution in [3.63, 3.8) is 0 Å². The third kappa shape index (κ3) is 4.31. The first kappa shape index (κ1) is 20.2. The molecule has 0 radical (unpaired) electrons. The molecule has 3 aromatic heterocycles. The lowest BCUT2D eigenvalue weighted by Gasteiger charge is -2.10. The fourth-order valence-electron chi connectivity index (χ4n) is 2.82. The van der Waals surface area contributed by atoms with Crippen LogP contribution in [0.2, 0.25) is 0 Å². The molecule has 0 spiro atoms. The van der Waals surface area contributed by atoms with E-state index in [1.54, 1.807) is 18.4 Å². The van der Waals surface area contributed by atoms with Gasteiger partial charge in [0.05, 0.1) is 24.0 Å². The van der Waals surface area contributed by atoms with E-state index in [0.717, 1.165) is 5.56 Å². The standard InChI is InChI=1S/C19H21N3O4S2/c1-4-26-19(25)15-12(7-11(2)3)9-28-17(15)21-14(23)8-22-10-20-13-5-6-27-16(13)18(22)24/h5-6,9-11H,4,7-8H2,1-3H3,(H,21,23). The van der Waals surface area contributed by atoms with Crippen molar-refractivity contribution >= 4 is 49.8 Å². The van der Waals surface area contributed by atoms with Crippen molar-refractivity contribution in [1.82, 2.24) is 9.55 Å². The van der Waals surface area contributed by atoms with Gasteiger partial charge in [0, 0.05) is 0 Å². The molecule has 0 saturated heterocycles. The van der Waals surface area contributed by atoms with Gasteiger partial charge in [-0.05, 0) is 41.7 Å². The van der Waals surface area contributed by atoms with Crippen LogP contribution in [-0.2, 0) is 22.5 Å². The van der Waals surface area contributed by atoms with Crippen LogP contribution >= 0.6 is 22.7 Å². The number of rotatable bonds is 7. The largest absolute Gasteiger partial charge is 0.462 e. The van der Waals surface area contributed by atoms with E-state index in [1.807, 2.05) is 5.38 Å². The molecule has 0 fully saturated rings. The summed E-state index contributed by atoms with van der Waals surface area (Å²) in [4.78, 5) is 41.6. The summed E-state index contributed by atoms with van der Waals surface area (Å²) in [6.45, 7) is 5.94. The van der Waals surface area contributed by atoms with Crippen molar-refractivity contribution in [2.75, 3.05) is 11.9 Å². The molecule has 3 aromatic rings. The Labute approximate surface area is 170 Å². The van der Waals surface area contributed by atoms with Crippen LogP contribution in [0.4, 0.5) is 5.00 Å². The number of ether oxygens (including phenoxy) is 1. The Balaban J connectivity index is 1.82. The summed E-state index contributed by atoms with van der Waals surface area (Å²) in [5, 5.41) is 6.85. The third-order valence-electron chi connectivity index (χ3n) is 3.98. The van der Waals surface area contributed by atoms with Crippen molar-refractivity contribution < 1.29 is 14.3 Å². The molecule has 28 heavy (non-hydrogen) atoms. The molecule has 3 rings (SSSR count). The normalized spacial score (nSPS) is 11.1. The predicted molar refractivity (Wildman–Crippen MR) is 111 cm³/mol. The van der Waals surface area contributed by atoms with Crippen LogP contribution in [0, 0.1) is 5.92 Å². The summed E-state index contributed by atoms with van der Waals surface area (Å²) < 4.78 is 6.94. The number of nitrogens with one attached hydrogen (secondary N) is 1. The fourth-order valence-corrected chi connectivity index (χ4v) is 4.59. The van der Waals surface area contributed by atoms with Crippen LogP contribution in [0.1, 0.15) is 36.7 Å². The van der Waals surface area contributed by atoms with Crippen LogP contribution in [0.3, 0.4) is 0 Å². The molecule has 7 nitrogen and oxygen atoms in total. The Kier molecular flexibility index (Phi) is 6.25. The second kappa shape index (κ2) is 8.66. The molecular formula is C19H21N3O4S2. The zero-order chi connectivity index (χ0) is 20.3. The fraction of sp³-hybridized carbons (Fsp3) is 0.368. The molecule has 0 atom stereocenters.